The molecule has 1 amide bonds. The van der Waals surface area contributed by atoms with E-state index in [-0.39, 0.29) is 12.2 Å². The summed E-state index contributed by atoms with van der Waals surface area (Å²) >= 11 is 0. The molecule has 2 rings (SSSR count). The highest BCUT2D eigenvalue weighted by Gasteiger charge is 2.21. The lowest BCUT2D eigenvalue weighted by atomic mass is 10.5. The number of rotatable bonds is 6. The van der Waals surface area contributed by atoms with E-state index >= 15 is 0 Å². The van der Waals surface area contributed by atoms with E-state index in [0.717, 1.165) is 16.8 Å². The molecule has 112 valence electrons. The smallest absolute Gasteiger partial charge is 0.371 e. The van der Waals surface area contributed by atoms with Gasteiger partial charge in [0, 0.05) is 6.20 Å². The minimum absolute atomic E-state index is 0.0736. The van der Waals surface area contributed by atoms with Crippen LogP contribution in [-0.4, -0.2) is 35.2 Å². The van der Waals surface area contributed by atoms with Crippen molar-refractivity contribution in [2.24, 2.45) is 5.73 Å². The molecule has 2 aromatic heterocycles. The molecule has 0 bridgehead atoms. The Morgan fingerprint density at radius 1 is 1.43 bits per heavy atom. The topological polar surface area (TPSA) is 158 Å². The molecule has 0 aliphatic rings. The van der Waals surface area contributed by atoms with Crippen LogP contribution in [0.25, 0.3) is 0 Å². The van der Waals surface area contributed by atoms with Crippen LogP contribution in [0.4, 0.5) is 5.69 Å². The summed E-state index contributed by atoms with van der Waals surface area (Å²) < 4.78 is 31.9. The second-order valence-corrected chi connectivity index (χ2v) is 5.54. The first-order chi connectivity index (χ1) is 9.78. The second kappa shape index (κ2) is 5.28. The number of nitrogens with zero attached hydrogens (tertiary/aromatic N) is 2. The number of amides is 1. The predicted molar refractivity (Wildman–Crippen MR) is 67.9 cm³/mol. The van der Waals surface area contributed by atoms with Crippen LogP contribution in [0.5, 0.6) is 0 Å². The molecule has 0 saturated carbocycles. The van der Waals surface area contributed by atoms with E-state index in [2.05, 4.69) is 9.82 Å². The number of furan rings is 1. The van der Waals surface area contributed by atoms with Crippen molar-refractivity contribution in [1.29, 1.82) is 0 Å². The molecule has 0 radical (unpaired) electrons. The first-order valence-corrected chi connectivity index (χ1v) is 6.93. The average molecular weight is 314 g/mol. The van der Waals surface area contributed by atoms with Gasteiger partial charge in [-0.25, -0.2) is 4.79 Å². The summed E-state index contributed by atoms with van der Waals surface area (Å²) in [4.78, 5) is 21.3. The van der Waals surface area contributed by atoms with Crippen LogP contribution in [0.3, 0.4) is 0 Å². The number of primary amides is 1. The number of hydrogen-bond donors (Lipinski definition) is 3. The predicted octanol–water partition coefficient (Wildman–Crippen LogP) is -0.540. The molecule has 2 aromatic rings. The van der Waals surface area contributed by atoms with E-state index in [1.807, 2.05) is 0 Å². The molecule has 0 aliphatic carbocycles. The molecule has 0 unspecified atom stereocenters. The number of carbonyl (C=O) groups excluding carboxylic acids is 1. The van der Waals surface area contributed by atoms with Gasteiger partial charge in [-0.15, -0.1) is 0 Å². The van der Waals surface area contributed by atoms with Crippen LogP contribution >= 0.6 is 0 Å². The van der Waals surface area contributed by atoms with Crippen LogP contribution < -0.4 is 10.5 Å². The van der Waals surface area contributed by atoms with Crippen molar-refractivity contribution in [2.45, 2.75) is 11.6 Å². The molecular weight excluding hydrogens is 304 g/mol. The Hall–Kier alpha value is -2.82. The van der Waals surface area contributed by atoms with Crippen LogP contribution in [0, 0.1) is 0 Å². The Morgan fingerprint density at radius 3 is 2.71 bits per heavy atom. The fourth-order valence-corrected chi connectivity index (χ4v) is 2.41. The summed E-state index contributed by atoms with van der Waals surface area (Å²) in [6.07, 6.45) is 2.42. The third-order valence-corrected chi connectivity index (χ3v) is 3.51. The number of aromatic nitrogens is 2. The quantitative estimate of drug-likeness (QED) is 0.645. The van der Waals surface area contributed by atoms with Crippen LogP contribution in [0.2, 0.25) is 0 Å². The first kappa shape index (κ1) is 14.6. The number of nitrogens with two attached hydrogens (primary N) is 1. The third-order valence-electron chi connectivity index (χ3n) is 2.26. The molecule has 10 nitrogen and oxygen atoms in total. The van der Waals surface area contributed by atoms with Gasteiger partial charge >= 0.3 is 5.97 Å². The molecule has 4 N–H and O–H groups in total. The van der Waals surface area contributed by atoms with Crippen LogP contribution in [-0.2, 0) is 21.4 Å². The van der Waals surface area contributed by atoms with Crippen molar-refractivity contribution < 1.29 is 27.5 Å². The van der Waals surface area contributed by atoms with Crippen molar-refractivity contribution >= 4 is 27.6 Å². The third kappa shape index (κ3) is 3.39. The maximum absolute atomic E-state index is 11.9. The zero-order valence-electron chi connectivity index (χ0n) is 10.4. The maximum atomic E-state index is 11.9. The van der Waals surface area contributed by atoms with Crippen LogP contribution in [0.15, 0.2) is 34.0 Å². The number of anilines is 1. The zero-order chi connectivity index (χ0) is 15.6. The Balaban J connectivity index is 2.18. The molecule has 0 aliphatic heterocycles. The second-order valence-electron chi connectivity index (χ2n) is 3.92. The number of carbonyl (C=O) groups is 2. The van der Waals surface area contributed by atoms with Gasteiger partial charge in [-0.2, -0.15) is 13.5 Å². The first-order valence-electron chi connectivity index (χ1n) is 5.44. The summed E-state index contributed by atoms with van der Waals surface area (Å²) in [5.41, 5.74) is 5.05. The highest BCUT2D eigenvalue weighted by molar-refractivity contribution is 7.92. The molecular formula is C10H10N4O6S. The van der Waals surface area contributed by atoms with Gasteiger partial charge in [0.15, 0.2) is 0 Å². The van der Waals surface area contributed by atoms with Crippen molar-refractivity contribution in [2.75, 3.05) is 4.72 Å². The van der Waals surface area contributed by atoms with Gasteiger partial charge in [0.05, 0.1) is 11.9 Å². The minimum atomic E-state index is -4.09. The summed E-state index contributed by atoms with van der Waals surface area (Å²) in [5.74, 6) is -2.52. The van der Waals surface area contributed by atoms with E-state index in [1.165, 1.54) is 12.4 Å². The van der Waals surface area contributed by atoms with Gasteiger partial charge in [0.1, 0.15) is 6.54 Å². The Morgan fingerprint density at radius 2 is 2.14 bits per heavy atom. The van der Waals surface area contributed by atoms with Crippen molar-refractivity contribution in [3.8, 4) is 0 Å². The number of carboxylic acids is 1. The average Bonchev–Trinajstić information content (AvgIpc) is 2.97. The molecule has 11 heteroatoms. The van der Waals surface area contributed by atoms with Gasteiger partial charge in [0.2, 0.25) is 16.8 Å². The van der Waals surface area contributed by atoms with E-state index in [0.29, 0.717) is 0 Å². The summed E-state index contributed by atoms with van der Waals surface area (Å²) in [6, 6.07) is 2.03. The standard InChI is InChI=1S/C10H10N4O6S/c11-8(15)5-14-4-6(3-12-14)13-21(18,19)9-2-1-7(20-9)10(16)17/h1-4,13H,5H2,(H2,11,15)(H,16,17). The monoisotopic (exact) mass is 314 g/mol. The number of carboxylic acid groups (broad SMARTS) is 1. The molecule has 0 atom stereocenters. The molecule has 0 aromatic carbocycles. The maximum Gasteiger partial charge on any atom is 0.371 e. The highest BCUT2D eigenvalue weighted by atomic mass is 32.2. The van der Waals surface area contributed by atoms with Gasteiger partial charge in [0.25, 0.3) is 10.0 Å². The number of nitrogens with one attached hydrogen (secondary N) is 1. The van der Waals surface area contributed by atoms with Crippen molar-refractivity contribution in [1.82, 2.24) is 9.78 Å². The SMILES string of the molecule is NC(=O)Cn1cc(NS(=O)(=O)c2ccc(C(=O)O)o2)cn1. The van der Waals surface area contributed by atoms with Gasteiger partial charge < -0.3 is 15.3 Å². The highest BCUT2D eigenvalue weighted by Crippen LogP contribution is 2.18. The lowest BCUT2D eigenvalue weighted by molar-refractivity contribution is -0.118. The summed E-state index contributed by atoms with van der Waals surface area (Å²) in [7, 11) is -4.09. The van der Waals surface area contributed by atoms with E-state index in [9.17, 15) is 18.0 Å². The zero-order valence-corrected chi connectivity index (χ0v) is 11.2. The molecule has 0 spiro atoms. The summed E-state index contributed by atoms with van der Waals surface area (Å²) in [5, 5.41) is 11.9. The Labute approximate surface area is 118 Å². The lowest BCUT2D eigenvalue weighted by Crippen LogP contribution is -2.18. The largest absolute Gasteiger partial charge is 0.475 e. The van der Waals surface area contributed by atoms with Gasteiger partial charge in [-0.05, 0) is 12.1 Å². The Bertz CT molecular complexity index is 790. The molecule has 0 fully saturated rings. The summed E-state index contributed by atoms with van der Waals surface area (Å²) in [6.45, 7) is -0.203. The lowest BCUT2D eigenvalue weighted by Gasteiger charge is -2.02. The molecule has 0 saturated heterocycles. The van der Waals surface area contributed by atoms with E-state index in [1.54, 1.807) is 0 Å². The van der Waals surface area contributed by atoms with E-state index < -0.39 is 32.8 Å². The van der Waals surface area contributed by atoms with Gasteiger partial charge in [-0.1, -0.05) is 0 Å². The molecule has 2 heterocycles. The Kier molecular flexibility index (Phi) is 3.67. The van der Waals surface area contributed by atoms with E-state index in [4.69, 9.17) is 15.3 Å². The van der Waals surface area contributed by atoms with Crippen molar-refractivity contribution in [3.05, 3.63) is 30.3 Å². The van der Waals surface area contributed by atoms with Gasteiger partial charge in [-0.3, -0.25) is 14.2 Å². The fourth-order valence-electron chi connectivity index (χ4n) is 1.45. The fraction of sp³-hybridized carbons (Fsp3) is 0.100. The normalized spacial score (nSPS) is 11.2. The number of sulfonamides is 1. The van der Waals surface area contributed by atoms with Crippen LogP contribution in [0.1, 0.15) is 10.6 Å². The van der Waals surface area contributed by atoms with Crippen molar-refractivity contribution in [3.63, 3.8) is 0 Å². The number of aromatic carboxylic acids is 1. The molecule has 21 heavy (non-hydrogen) atoms. The minimum Gasteiger partial charge on any atom is -0.475 e. The number of hydrogen-bond acceptors (Lipinski definition) is 6.